The van der Waals surface area contributed by atoms with Gasteiger partial charge in [-0.3, -0.25) is 4.79 Å². The van der Waals surface area contributed by atoms with Crippen LogP contribution in [0.4, 0.5) is 10.1 Å². The SMILES string of the molecule is Cc1cc(C)c(S(=O)(=O)N2CCC(C(=O)Nc3ccc(F)cc3C)CC2)c(C)c1. The molecule has 0 spiro atoms. The van der Waals surface area contributed by atoms with Crippen molar-refractivity contribution in [1.82, 2.24) is 4.31 Å². The summed E-state index contributed by atoms with van der Waals surface area (Å²) in [7, 11) is -3.60. The number of nitrogens with one attached hydrogen (secondary N) is 1. The lowest BCUT2D eigenvalue weighted by Gasteiger charge is -2.31. The fourth-order valence-corrected chi connectivity index (χ4v) is 5.94. The molecule has 0 unspecified atom stereocenters. The third kappa shape index (κ3) is 4.51. The van der Waals surface area contributed by atoms with E-state index < -0.39 is 10.0 Å². The van der Waals surface area contributed by atoms with Crippen LogP contribution in [0.3, 0.4) is 0 Å². The van der Waals surface area contributed by atoms with Gasteiger partial charge in [0.15, 0.2) is 0 Å². The predicted molar refractivity (Wildman–Crippen MR) is 112 cm³/mol. The second kappa shape index (κ2) is 8.24. The first-order chi connectivity index (χ1) is 13.6. The van der Waals surface area contributed by atoms with Gasteiger partial charge in [-0.05, 0) is 75.4 Å². The van der Waals surface area contributed by atoms with E-state index in [1.807, 2.05) is 32.9 Å². The number of halogens is 1. The summed E-state index contributed by atoms with van der Waals surface area (Å²) in [6.45, 7) is 7.92. The number of rotatable bonds is 4. The van der Waals surface area contributed by atoms with Crippen molar-refractivity contribution in [2.45, 2.75) is 45.4 Å². The van der Waals surface area contributed by atoms with Crippen molar-refractivity contribution in [3.63, 3.8) is 0 Å². The Labute approximate surface area is 172 Å². The second-order valence-electron chi connectivity index (χ2n) is 7.85. The number of aryl methyl sites for hydroxylation is 4. The van der Waals surface area contributed by atoms with E-state index in [-0.39, 0.29) is 17.6 Å². The number of hydrogen-bond acceptors (Lipinski definition) is 3. The number of hydrogen-bond donors (Lipinski definition) is 1. The maximum absolute atomic E-state index is 13.2. The molecule has 0 aliphatic carbocycles. The van der Waals surface area contributed by atoms with Gasteiger partial charge in [0.25, 0.3) is 0 Å². The Morgan fingerprint density at radius 3 is 2.14 bits per heavy atom. The molecule has 0 aromatic heterocycles. The number of piperidine rings is 1. The summed E-state index contributed by atoms with van der Waals surface area (Å²) in [6, 6.07) is 7.99. The summed E-state index contributed by atoms with van der Waals surface area (Å²) in [6.07, 6.45) is 0.907. The highest BCUT2D eigenvalue weighted by Crippen LogP contribution is 2.29. The molecule has 0 radical (unpaired) electrons. The zero-order valence-electron chi connectivity index (χ0n) is 17.3. The number of anilines is 1. The van der Waals surface area contributed by atoms with Crippen LogP contribution in [0.2, 0.25) is 0 Å². The molecule has 0 atom stereocenters. The van der Waals surface area contributed by atoms with E-state index in [4.69, 9.17) is 0 Å². The first-order valence-corrected chi connectivity index (χ1v) is 11.2. The quantitative estimate of drug-likeness (QED) is 0.813. The van der Waals surface area contributed by atoms with Crippen LogP contribution in [-0.4, -0.2) is 31.7 Å². The van der Waals surface area contributed by atoms with Gasteiger partial charge in [-0.25, -0.2) is 12.8 Å². The van der Waals surface area contributed by atoms with Gasteiger partial charge in [0, 0.05) is 24.7 Å². The summed E-state index contributed by atoms with van der Waals surface area (Å²) < 4.78 is 41.1. The third-order valence-electron chi connectivity index (χ3n) is 5.47. The minimum Gasteiger partial charge on any atom is -0.326 e. The molecule has 1 fully saturated rings. The van der Waals surface area contributed by atoms with E-state index in [2.05, 4.69) is 5.32 Å². The molecule has 1 N–H and O–H groups in total. The van der Waals surface area contributed by atoms with Crippen molar-refractivity contribution < 1.29 is 17.6 Å². The molecule has 1 aliphatic rings. The Kier molecular flexibility index (Phi) is 6.10. The van der Waals surface area contributed by atoms with Crippen LogP contribution in [0.5, 0.6) is 0 Å². The van der Waals surface area contributed by atoms with Crippen molar-refractivity contribution >= 4 is 21.6 Å². The predicted octanol–water partition coefficient (Wildman–Crippen LogP) is 4.10. The Hall–Kier alpha value is -2.25. The van der Waals surface area contributed by atoms with Crippen LogP contribution in [-0.2, 0) is 14.8 Å². The van der Waals surface area contributed by atoms with Crippen molar-refractivity contribution in [3.8, 4) is 0 Å². The van der Waals surface area contributed by atoms with Crippen LogP contribution < -0.4 is 5.32 Å². The van der Waals surface area contributed by atoms with Crippen LogP contribution >= 0.6 is 0 Å². The Bertz CT molecular complexity index is 1020. The number of nitrogens with zero attached hydrogens (tertiary/aromatic N) is 1. The lowest BCUT2D eigenvalue weighted by Crippen LogP contribution is -2.41. The molecular formula is C22H27FN2O3S. The van der Waals surface area contributed by atoms with Gasteiger partial charge < -0.3 is 5.32 Å². The van der Waals surface area contributed by atoms with E-state index >= 15 is 0 Å². The Balaban J connectivity index is 1.69. The van der Waals surface area contributed by atoms with Gasteiger partial charge in [-0.2, -0.15) is 4.31 Å². The van der Waals surface area contributed by atoms with Gasteiger partial charge in [0.2, 0.25) is 15.9 Å². The molecule has 5 nitrogen and oxygen atoms in total. The van der Waals surface area contributed by atoms with Gasteiger partial charge in [0.1, 0.15) is 5.82 Å². The van der Waals surface area contributed by atoms with Gasteiger partial charge in [-0.1, -0.05) is 17.7 Å². The molecule has 1 saturated heterocycles. The smallest absolute Gasteiger partial charge is 0.243 e. The Morgan fingerprint density at radius 1 is 1.00 bits per heavy atom. The zero-order chi connectivity index (χ0) is 21.3. The van der Waals surface area contributed by atoms with Crippen LogP contribution in [0.15, 0.2) is 35.2 Å². The largest absolute Gasteiger partial charge is 0.326 e. The molecule has 0 bridgehead atoms. The minimum atomic E-state index is -3.60. The summed E-state index contributed by atoms with van der Waals surface area (Å²) >= 11 is 0. The lowest BCUT2D eigenvalue weighted by atomic mass is 9.97. The minimum absolute atomic E-state index is 0.153. The third-order valence-corrected chi connectivity index (χ3v) is 7.68. The molecule has 2 aromatic rings. The van der Waals surface area contributed by atoms with Crippen molar-refractivity contribution in [1.29, 1.82) is 0 Å². The topological polar surface area (TPSA) is 66.5 Å². The first-order valence-electron chi connectivity index (χ1n) is 9.74. The number of amides is 1. The number of benzene rings is 2. The van der Waals surface area contributed by atoms with Crippen LogP contribution in [0, 0.1) is 39.4 Å². The molecule has 29 heavy (non-hydrogen) atoms. The average molecular weight is 419 g/mol. The van der Waals surface area contributed by atoms with Crippen LogP contribution in [0.25, 0.3) is 0 Å². The monoisotopic (exact) mass is 418 g/mol. The van der Waals surface area contributed by atoms with Crippen molar-refractivity contribution in [2.75, 3.05) is 18.4 Å². The number of carbonyl (C=O) groups is 1. The van der Waals surface area contributed by atoms with E-state index in [1.165, 1.54) is 16.4 Å². The fraction of sp³-hybridized carbons (Fsp3) is 0.409. The highest BCUT2D eigenvalue weighted by molar-refractivity contribution is 7.89. The number of carbonyl (C=O) groups excluding carboxylic acids is 1. The van der Waals surface area contributed by atoms with E-state index in [9.17, 15) is 17.6 Å². The first kappa shape index (κ1) is 21.5. The van der Waals surface area contributed by atoms with Gasteiger partial charge in [0.05, 0.1) is 4.90 Å². The molecule has 1 aliphatic heterocycles. The number of sulfonamides is 1. The summed E-state index contributed by atoms with van der Waals surface area (Å²) in [5, 5.41) is 2.84. The second-order valence-corrected chi connectivity index (χ2v) is 9.73. The molecule has 0 saturated carbocycles. The van der Waals surface area contributed by atoms with E-state index in [0.29, 0.717) is 42.1 Å². The molecular weight excluding hydrogens is 391 g/mol. The molecule has 2 aromatic carbocycles. The molecule has 156 valence electrons. The Morgan fingerprint density at radius 2 is 1.59 bits per heavy atom. The molecule has 1 heterocycles. The molecule has 7 heteroatoms. The molecule has 1 amide bonds. The van der Waals surface area contributed by atoms with Crippen molar-refractivity contribution in [3.05, 3.63) is 58.4 Å². The molecule has 3 rings (SSSR count). The van der Waals surface area contributed by atoms with E-state index in [0.717, 1.165) is 16.7 Å². The fourth-order valence-electron chi connectivity index (χ4n) is 4.06. The maximum Gasteiger partial charge on any atom is 0.243 e. The normalized spacial score (nSPS) is 16.0. The van der Waals surface area contributed by atoms with Crippen LogP contribution in [0.1, 0.15) is 35.1 Å². The summed E-state index contributed by atoms with van der Waals surface area (Å²) in [4.78, 5) is 13.0. The van der Waals surface area contributed by atoms with E-state index in [1.54, 1.807) is 13.0 Å². The van der Waals surface area contributed by atoms with Crippen molar-refractivity contribution in [2.24, 2.45) is 5.92 Å². The summed E-state index contributed by atoms with van der Waals surface area (Å²) in [5.74, 6) is -0.772. The lowest BCUT2D eigenvalue weighted by molar-refractivity contribution is -0.120. The summed E-state index contributed by atoms with van der Waals surface area (Å²) in [5.41, 5.74) is 3.76. The van der Waals surface area contributed by atoms with Gasteiger partial charge >= 0.3 is 0 Å². The maximum atomic E-state index is 13.2. The average Bonchev–Trinajstić information content (AvgIpc) is 2.63. The van der Waals surface area contributed by atoms with Gasteiger partial charge in [-0.15, -0.1) is 0 Å². The standard InChI is InChI=1S/C22H27FN2O3S/c1-14-11-16(3)21(17(4)12-14)29(27,28)25-9-7-18(8-10-25)22(26)24-20-6-5-19(23)13-15(20)2/h5-6,11-13,18H,7-10H2,1-4H3,(H,24,26). The highest BCUT2D eigenvalue weighted by atomic mass is 32.2. The zero-order valence-corrected chi connectivity index (χ0v) is 18.1. The highest BCUT2D eigenvalue weighted by Gasteiger charge is 2.33.